The summed E-state index contributed by atoms with van der Waals surface area (Å²) in [4.78, 5) is 45.7. The number of alkyl halides is 1. The number of ether oxygens (including phenoxy) is 2. The van der Waals surface area contributed by atoms with Crippen molar-refractivity contribution in [3.05, 3.63) is 29.3 Å². The lowest BCUT2D eigenvalue weighted by molar-refractivity contribution is -0.0584. The Morgan fingerprint density at radius 1 is 1.00 bits per heavy atom. The van der Waals surface area contributed by atoms with E-state index in [1.54, 1.807) is 0 Å². The first-order valence-corrected chi connectivity index (χ1v) is 18.0. The number of nitrogens with one attached hydrogen (secondary N) is 1. The maximum atomic E-state index is 16.0. The zero-order valence-corrected chi connectivity index (χ0v) is 25.7. The number of imidazole rings is 2. The molecule has 3 aliphatic rings. The van der Waals surface area contributed by atoms with Crippen molar-refractivity contribution in [2.75, 3.05) is 24.7 Å². The molecule has 7 rings (SSSR count). The molecular formula is C20H22FN10O10P2S2-. The van der Waals surface area contributed by atoms with Crippen molar-refractivity contribution in [3.63, 3.8) is 0 Å². The number of nitrogens with zero attached hydrogens (tertiary/aromatic N) is 7. The molecule has 0 amide bonds. The fraction of sp³-hybridized carbons (Fsp3) is 0.500. The van der Waals surface area contributed by atoms with Crippen LogP contribution in [0.5, 0.6) is 0 Å². The van der Waals surface area contributed by atoms with Crippen molar-refractivity contribution < 1.29 is 46.5 Å². The van der Waals surface area contributed by atoms with Crippen LogP contribution >= 0.6 is 13.5 Å². The summed E-state index contributed by atoms with van der Waals surface area (Å²) in [5.41, 5.74) is 11.0. The number of halogens is 1. The lowest BCUT2D eigenvalue weighted by Crippen LogP contribution is -2.35. The molecule has 3 aliphatic heterocycles. The summed E-state index contributed by atoms with van der Waals surface area (Å²) in [6.07, 6.45) is -8.71. The first-order chi connectivity index (χ1) is 21.3. The standard InChI is InChI=1S/C20H23FN10O10P2S2/c21-8-12-7(39-18(8)30-4-26-9-14(22)24-3-25-15(9)30)2-37-43(35,45)41-13-11(32)6(1-36-42(34,44)40-12)38-19(13)31-5-27-10-16(31)28-20(23)29-17(10)33/h3-8,11-13,18-19,32H,1-2H2,(H,34,44)(H,35,45)(H2,22,24,25)(H3,23,28,29,33)/p-1/t6-,7-,8+,11?,12?,13+,18-,19-,42?,43?/m1/s1. The number of nitrogens with two attached hydrogens (primary N) is 2. The number of H-pyrrole nitrogens is 1. The first-order valence-electron chi connectivity index (χ1n) is 12.9. The molecule has 4 aromatic rings. The Morgan fingerprint density at radius 3 is 2.47 bits per heavy atom. The highest BCUT2D eigenvalue weighted by Gasteiger charge is 2.52. The molecule has 10 atom stereocenters. The van der Waals surface area contributed by atoms with E-state index in [1.807, 2.05) is 0 Å². The van der Waals surface area contributed by atoms with E-state index < -0.39 is 81.4 Å². The fourth-order valence-electron chi connectivity index (χ4n) is 5.25. The van der Waals surface area contributed by atoms with Crippen molar-refractivity contribution in [1.29, 1.82) is 0 Å². The van der Waals surface area contributed by atoms with Gasteiger partial charge in [-0.25, -0.2) is 24.3 Å². The molecule has 2 bridgehead atoms. The third kappa shape index (κ3) is 5.55. The summed E-state index contributed by atoms with van der Waals surface area (Å²) >= 11 is 10.3. The van der Waals surface area contributed by atoms with Gasteiger partial charge >= 0.3 is 6.72 Å². The minimum atomic E-state index is -4.52. The van der Waals surface area contributed by atoms with Crippen LogP contribution in [0.2, 0.25) is 0 Å². The van der Waals surface area contributed by atoms with Crippen LogP contribution < -0.4 is 17.0 Å². The smallest absolute Gasteiger partial charge is 0.325 e. The lowest BCUT2D eigenvalue weighted by atomic mass is 10.1. The molecule has 3 saturated heterocycles. The van der Waals surface area contributed by atoms with Crippen LogP contribution in [0.15, 0.2) is 23.8 Å². The highest BCUT2D eigenvalue weighted by atomic mass is 32.7. The minimum absolute atomic E-state index is 0.0461. The molecule has 4 aromatic heterocycles. The van der Waals surface area contributed by atoms with Crippen LogP contribution in [-0.4, -0.2) is 98.9 Å². The fourth-order valence-corrected chi connectivity index (χ4v) is 8.09. The van der Waals surface area contributed by atoms with Crippen LogP contribution in [0.1, 0.15) is 12.5 Å². The molecule has 3 fully saturated rings. The number of aromatic nitrogens is 8. The van der Waals surface area contributed by atoms with E-state index in [0.29, 0.717) is 0 Å². The van der Waals surface area contributed by atoms with E-state index in [-0.39, 0.29) is 34.1 Å². The lowest BCUT2D eigenvalue weighted by Gasteiger charge is -2.32. The average molecular weight is 708 g/mol. The summed E-state index contributed by atoms with van der Waals surface area (Å²) in [5.74, 6) is -0.192. The molecule has 7 N–H and O–H groups in total. The molecular weight excluding hydrogens is 685 g/mol. The zero-order chi connectivity index (χ0) is 31.8. The number of hydrogen-bond donors (Lipinski definition) is 5. The normalized spacial score (nSPS) is 37.7. The minimum Gasteiger partial charge on any atom is -0.660 e. The number of anilines is 2. The van der Waals surface area contributed by atoms with Gasteiger partial charge in [0, 0.05) is 0 Å². The molecule has 20 nitrogen and oxygen atoms in total. The van der Waals surface area contributed by atoms with Crippen molar-refractivity contribution in [3.8, 4) is 0 Å². The predicted molar refractivity (Wildman–Crippen MR) is 154 cm³/mol. The molecule has 0 aliphatic carbocycles. The monoisotopic (exact) mass is 707 g/mol. The van der Waals surface area contributed by atoms with E-state index in [4.69, 9.17) is 63.1 Å². The zero-order valence-electron chi connectivity index (χ0n) is 22.3. The highest BCUT2D eigenvalue weighted by molar-refractivity contribution is 8.32. The average Bonchev–Trinajstić information content (AvgIpc) is 3.72. The summed E-state index contributed by atoms with van der Waals surface area (Å²) in [6.45, 7) is -10.1. The van der Waals surface area contributed by atoms with Gasteiger partial charge in [0.05, 0.1) is 25.9 Å². The van der Waals surface area contributed by atoms with E-state index in [0.717, 1.165) is 12.7 Å². The Morgan fingerprint density at radius 2 is 1.69 bits per heavy atom. The third-order valence-electron chi connectivity index (χ3n) is 7.27. The molecule has 4 unspecified atom stereocenters. The Kier molecular flexibility index (Phi) is 7.74. The molecule has 0 aromatic carbocycles. The Hall–Kier alpha value is -2.66. The van der Waals surface area contributed by atoms with Crippen LogP contribution in [0.3, 0.4) is 0 Å². The SMILES string of the molecule is Nc1nc2c(ncn2[C@@H]2O[C@@H]3COP(O)(=S)OC4[C@@H](COP(=O)([S-])O[C@H]2C3O)O[C@@H](n2cnc3c(N)ncnc32)[C@H]4F)c(=O)[nH]1. The summed E-state index contributed by atoms with van der Waals surface area (Å²) in [5, 5.41) is 11.1. The molecule has 25 heteroatoms. The number of aromatic amines is 1. The number of rotatable bonds is 2. The number of hydrogen-bond acceptors (Lipinski definition) is 18. The number of aliphatic hydroxyl groups excluding tert-OH is 1. The summed E-state index contributed by atoms with van der Waals surface area (Å²) < 4.78 is 65.7. The van der Waals surface area contributed by atoms with Gasteiger partial charge in [0.2, 0.25) is 12.7 Å². The summed E-state index contributed by atoms with van der Waals surface area (Å²) in [7, 11) is 0. The van der Waals surface area contributed by atoms with E-state index in [9.17, 15) is 19.4 Å². The molecule has 242 valence electrons. The van der Waals surface area contributed by atoms with Gasteiger partial charge in [0.25, 0.3) is 5.56 Å². The van der Waals surface area contributed by atoms with Crippen LogP contribution in [0.25, 0.3) is 22.3 Å². The third-order valence-corrected chi connectivity index (χ3v) is 10.4. The largest absolute Gasteiger partial charge is 0.660 e. The van der Waals surface area contributed by atoms with Crippen molar-refractivity contribution in [2.45, 2.75) is 49.1 Å². The second-order valence-electron chi connectivity index (χ2n) is 10.1. The van der Waals surface area contributed by atoms with Gasteiger partial charge in [-0.1, -0.05) is 0 Å². The maximum Gasteiger partial charge on any atom is 0.325 e. The topological polar surface area (TPSA) is 272 Å². The van der Waals surface area contributed by atoms with Gasteiger partial charge in [0.15, 0.2) is 41.3 Å². The van der Waals surface area contributed by atoms with Crippen molar-refractivity contribution in [1.82, 2.24) is 39.0 Å². The van der Waals surface area contributed by atoms with Crippen molar-refractivity contribution in [2.24, 2.45) is 0 Å². The van der Waals surface area contributed by atoms with Crippen LogP contribution in [0, 0.1) is 0 Å². The Labute approximate surface area is 260 Å². The number of aliphatic hydroxyl groups is 1. The molecule has 0 spiro atoms. The molecule has 45 heavy (non-hydrogen) atoms. The van der Waals surface area contributed by atoms with Crippen LogP contribution in [-0.2, 0) is 56.2 Å². The van der Waals surface area contributed by atoms with E-state index >= 15 is 4.39 Å². The number of fused-ring (bicyclic) bond motifs is 5. The highest BCUT2D eigenvalue weighted by Crippen LogP contribution is 2.55. The van der Waals surface area contributed by atoms with Gasteiger partial charge in [-0.15, -0.1) is 0 Å². The first kappa shape index (κ1) is 31.0. The van der Waals surface area contributed by atoms with Gasteiger partial charge in [-0.2, -0.15) is 4.98 Å². The quantitative estimate of drug-likeness (QED) is 0.127. The second kappa shape index (κ2) is 11.2. The molecule has 7 heterocycles. The van der Waals surface area contributed by atoms with Gasteiger partial charge in [-0.05, 0) is 11.8 Å². The van der Waals surface area contributed by atoms with Gasteiger partial charge in [0.1, 0.15) is 42.4 Å². The Balaban J connectivity index is 1.21. The summed E-state index contributed by atoms with van der Waals surface area (Å²) in [6, 6.07) is 0. The van der Waals surface area contributed by atoms with E-state index in [2.05, 4.69) is 29.9 Å². The van der Waals surface area contributed by atoms with Gasteiger partial charge < -0.3 is 56.8 Å². The Bertz CT molecular complexity index is 1950. The molecule has 0 saturated carbocycles. The predicted octanol–water partition coefficient (Wildman–Crippen LogP) is -0.693. The van der Waals surface area contributed by atoms with Crippen LogP contribution in [0.4, 0.5) is 16.2 Å². The van der Waals surface area contributed by atoms with E-state index in [1.165, 1.54) is 15.5 Å². The van der Waals surface area contributed by atoms with Crippen molar-refractivity contribution >= 4 is 71.7 Å². The van der Waals surface area contributed by atoms with Gasteiger partial charge in [-0.3, -0.25) is 28.0 Å². The molecule has 0 radical (unpaired) electrons. The maximum absolute atomic E-state index is 16.0. The number of nitrogen functional groups attached to an aromatic ring is 2. The second-order valence-corrected chi connectivity index (χ2v) is 15.6.